The van der Waals surface area contributed by atoms with E-state index < -0.39 is 0 Å². The highest BCUT2D eigenvalue weighted by atomic mass is 127. The summed E-state index contributed by atoms with van der Waals surface area (Å²) in [5, 5.41) is 9.84. The molecule has 0 bridgehead atoms. The van der Waals surface area contributed by atoms with Gasteiger partial charge in [0.1, 0.15) is 0 Å². The Morgan fingerprint density at radius 1 is 1.70 bits per heavy atom. The first-order valence-electron chi connectivity index (χ1n) is 3.95. The first kappa shape index (κ1) is 8.78. The third kappa shape index (κ3) is 2.09. The highest BCUT2D eigenvalue weighted by Crippen LogP contribution is 2.33. The standard InChI is InChI=1S/C8H15IO/c1-7-3-2-4-8(10,5-7)6-9/h7,10H,2-6H2,1H3/t7-,8+/m0/s1. The first-order chi connectivity index (χ1) is 4.66. The number of hydrogen-bond donors (Lipinski definition) is 1. The Morgan fingerprint density at radius 2 is 2.40 bits per heavy atom. The summed E-state index contributed by atoms with van der Waals surface area (Å²) in [4.78, 5) is 0. The molecule has 2 heteroatoms. The van der Waals surface area contributed by atoms with Crippen molar-refractivity contribution in [2.45, 2.75) is 38.2 Å². The van der Waals surface area contributed by atoms with Crippen LogP contribution in [-0.2, 0) is 0 Å². The molecular weight excluding hydrogens is 239 g/mol. The van der Waals surface area contributed by atoms with E-state index in [0.717, 1.165) is 23.2 Å². The summed E-state index contributed by atoms with van der Waals surface area (Å²) >= 11 is 2.28. The third-order valence-electron chi connectivity index (χ3n) is 2.32. The lowest BCUT2D eigenvalue weighted by Gasteiger charge is -2.33. The van der Waals surface area contributed by atoms with Gasteiger partial charge < -0.3 is 5.11 Å². The highest BCUT2D eigenvalue weighted by Gasteiger charge is 2.30. The summed E-state index contributed by atoms with van der Waals surface area (Å²) in [6.07, 6.45) is 4.54. The van der Waals surface area contributed by atoms with Crippen LogP contribution in [0.5, 0.6) is 0 Å². The Kier molecular flexibility index (Phi) is 2.98. The summed E-state index contributed by atoms with van der Waals surface area (Å²) < 4.78 is 0.898. The van der Waals surface area contributed by atoms with E-state index in [4.69, 9.17) is 0 Å². The minimum atomic E-state index is -0.321. The number of aliphatic hydroxyl groups is 1. The molecule has 1 aliphatic rings. The Morgan fingerprint density at radius 3 is 2.80 bits per heavy atom. The van der Waals surface area contributed by atoms with E-state index in [2.05, 4.69) is 29.5 Å². The monoisotopic (exact) mass is 254 g/mol. The van der Waals surface area contributed by atoms with Crippen LogP contribution < -0.4 is 0 Å². The largest absolute Gasteiger partial charge is 0.389 e. The maximum absolute atomic E-state index is 9.84. The quantitative estimate of drug-likeness (QED) is 0.562. The zero-order chi connectivity index (χ0) is 7.61. The van der Waals surface area contributed by atoms with Crippen molar-refractivity contribution in [1.29, 1.82) is 0 Å². The fourth-order valence-corrected chi connectivity index (χ4v) is 2.45. The average Bonchev–Trinajstić information content (AvgIpc) is 1.88. The van der Waals surface area contributed by atoms with E-state index in [0.29, 0.717) is 0 Å². The maximum atomic E-state index is 9.84. The van der Waals surface area contributed by atoms with E-state index in [1.54, 1.807) is 0 Å². The molecule has 0 heterocycles. The van der Waals surface area contributed by atoms with E-state index in [1.165, 1.54) is 12.8 Å². The highest BCUT2D eigenvalue weighted by molar-refractivity contribution is 14.1. The molecule has 60 valence electrons. The van der Waals surface area contributed by atoms with Crippen molar-refractivity contribution in [2.75, 3.05) is 4.43 Å². The van der Waals surface area contributed by atoms with Crippen LogP contribution in [0.2, 0.25) is 0 Å². The molecule has 0 aliphatic heterocycles. The van der Waals surface area contributed by atoms with Gasteiger partial charge >= 0.3 is 0 Å². The zero-order valence-corrected chi connectivity index (χ0v) is 8.60. The topological polar surface area (TPSA) is 20.2 Å². The fraction of sp³-hybridized carbons (Fsp3) is 1.00. The van der Waals surface area contributed by atoms with Crippen molar-refractivity contribution in [2.24, 2.45) is 5.92 Å². The summed E-state index contributed by atoms with van der Waals surface area (Å²) in [7, 11) is 0. The fourth-order valence-electron chi connectivity index (χ4n) is 1.75. The molecular formula is C8H15IO. The number of halogens is 1. The molecule has 0 spiro atoms. The Bertz CT molecular complexity index is 116. The smallest absolute Gasteiger partial charge is 0.0739 e. The molecule has 0 aromatic rings. The molecule has 2 atom stereocenters. The first-order valence-corrected chi connectivity index (χ1v) is 5.47. The maximum Gasteiger partial charge on any atom is 0.0739 e. The molecule has 1 nitrogen and oxygen atoms in total. The van der Waals surface area contributed by atoms with Crippen molar-refractivity contribution in [3.63, 3.8) is 0 Å². The van der Waals surface area contributed by atoms with Gasteiger partial charge in [-0.1, -0.05) is 42.4 Å². The van der Waals surface area contributed by atoms with Gasteiger partial charge in [0.15, 0.2) is 0 Å². The van der Waals surface area contributed by atoms with E-state index in [-0.39, 0.29) is 5.60 Å². The number of rotatable bonds is 1. The summed E-state index contributed by atoms with van der Waals surface area (Å²) in [6, 6.07) is 0. The number of hydrogen-bond acceptors (Lipinski definition) is 1. The van der Waals surface area contributed by atoms with Crippen molar-refractivity contribution in [3.05, 3.63) is 0 Å². The second kappa shape index (κ2) is 3.39. The van der Waals surface area contributed by atoms with Crippen molar-refractivity contribution < 1.29 is 5.11 Å². The summed E-state index contributed by atoms with van der Waals surface area (Å²) in [5.41, 5.74) is -0.321. The van der Waals surface area contributed by atoms with Crippen LogP contribution in [0.3, 0.4) is 0 Å². The Hall–Kier alpha value is 0.690. The molecule has 1 fully saturated rings. The lowest BCUT2D eigenvalue weighted by Crippen LogP contribution is -2.35. The van der Waals surface area contributed by atoms with Gasteiger partial charge in [-0.15, -0.1) is 0 Å². The van der Waals surface area contributed by atoms with E-state index in [9.17, 15) is 5.11 Å². The van der Waals surface area contributed by atoms with Gasteiger partial charge in [-0.25, -0.2) is 0 Å². The van der Waals surface area contributed by atoms with Crippen LogP contribution >= 0.6 is 22.6 Å². The molecule has 1 N–H and O–H groups in total. The summed E-state index contributed by atoms with van der Waals surface area (Å²) in [6.45, 7) is 2.23. The van der Waals surface area contributed by atoms with Gasteiger partial charge in [0.05, 0.1) is 5.60 Å². The van der Waals surface area contributed by atoms with Crippen molar-refractivity contribution in [3.8, 4) is 0 Å². The predicted octanol–water partition coefficient (Wildman–Crippen LogP) is 2.36. The molecule has 0 radical (unpaired) electrons. The normalized spacial score (nSPS) is 41.7. The van der Waals surface area contributed by atoms with Crippen LogP contribution in [0.1, 0.15) is 32.6 Å². The van der Waals surface area contributed by atoms with Crippen LogP contribution in [0.25, 0.3) is 0 Å². The third-order valence-corrected chi connectivity index (χ3v) is 3.74. The SMILES string of the molecule is C[C@H]1CCC[C@](O)(CI)C1. The lowest BCUT2D eigenvalue weighted by molar-refractivity contribution is 0.0118. The van der Waals surface area contributed by atoms with Gasteiger partial charge in [-0.2, -0.15) is 0 Å². The lowest BCUT2D eigenvalue weighted by atomic mass is 9.80. The minimum Gasteiger partial charge on any atom is -0.389 e. The van der Waals surface area contributed by atoms with Crippen LogP contribution in [-0.4, -0.2) is 15.1 Å². The van der Waals surface area contributed by atoms with Crippen molar-refractivity contribution in [1.82, 2.24) is 0 Å². The molecule has 0 aromatic heterocycles. The van der Waals surface area contributed by atoms with Crippen LogP contribution in [0, 0.1) is 5.92 Å². The number of alkyl halides is 1. The van der Waals surface area contributed by atoms with Crippen molar-refractivity contribution >= 4 is 22.6 Å². The van der Waals surface area contributed by atoms with Gasteiger partial charge in [-0.05, 0) is 18.8 Å². The molecule has 10 heavy (non-hydrogen) atoms. The Balaban J connectivity index is 2.45. The zero-order valence-electron chi connectivity index (χ0n) is 6.44. The molecule has 1 saturated carbocycles. The van der Waals surface area contributed by atoms with Crippen LogP contribution in [0.4, 0.5) is 0 Å². The molecule has 0 aromatic carbocycles. The second-order valence-electron chi connectivity index (χ2n) is 3.56. The minimum absolute atomic E-state index is 0.321. The van der Waals surface area contributed by atoms with E-state index >= 15 is 0 Å². The predicted molar refractivity (Wildman–Crippen MR) is 51.5 cm³/mol. The molecule has 0 saturated heterocycles. The molecule has 1 aliphatic carbocycles. The van der Waals surface area contributed by atoms with Gasteiger partial charge in [0.25, 0.3) is 0 Å². The second-order valence-corrected chi connectivity index (χ2v) is 4.32. The van der Waals surface area contributed by atoms with Gasteiger partial charge in [0, 0.05) is 4.43 Å². The Labute approximate surface area is 76.3 Å². The van der Waals surface area contributed by atoms with Crippen LogP contribution in [0.15, 0.2) is 0 Å². The van der Waals surface area contributed by atoms with Gasteiger partial charge in [0.2, 0.25) is 0 Å². The summed E-state index contributed by atoms with van der Waals surface area (Å²) in [5.74, 6) is 0.730. The average molecular weight is 254 g/mol. The molecule has 0 unspecified atom stereocenters. The van der Waals surface area contributed by atoms with Gasteiger partial charge in [-0.3, -0.25) is 0 Å². The molecule has 0 amide bonds. The van der Waals surface area contributed by atoms with E-state index in [1.807, 2.05) is 0 Å². The molecule has 1 rings (SSSR count).